The highest BCUT2D eigenvalue weighted by Crippen LogP contribution is 2.26. The molecule has 0 unspecified atom stereocenters. The predicted octanol–water partition coefficient (Wildman–Crippen LogP) is 2.49. The van der Waals surface area contributed by atoms with Crippen LogP contribution in [0.5, 0.6) is 5.75 Å². The van der Waals surface area contributed by atoms with Crippen molar-refractivity contribution in [3.05, 3.63) is 36.0 Å². The summed E-state index contributed by atoms with van der Waals surface area (Å²) in [7, 11) is 0. The lowest BCUT2D eigenvalue weighted by molar-refractivity contribution is -0.274. The lowest BCUT2D eigenvalue weighted by Crippen LogP contribution is -2.52. The number of hydrogen-bond acceptors (Lipinski definition) is 6. The molecule has 30 heavy (non-hydrogen) atoms. The van der Waals surface area contributed by atoms with Gasteiger partial charge in [0.1, 0.15) is 5.75 Å². The molecule has 7 nitrogen and oxygen atoms in total. The molecule has 10 heteroatoms. The molecule has 2 aliphatic rings. The number of rotatable bonds is 5. The number of morpholine rings is 1. The average molecular weight is 425 g/mol. The van der Waals surface area contributed by atoms with Gasteiger partial charge in [0.05, 0.1) is 25.6 Å². The molecule has 0 bridgehead atoms. The van der Waals surface area contributed by atoms with Crippen LogP contribution in [0.2, 0.25) is 0 Å². The highest BCUT2D eigenvalue weighted by atomic mass is 19.4. The van der Waals surface area contributed by atoms with Crippen molar-refractivity contribution in [2.75, 3.05) is 64.1 Å². The van der Waals surface area contributed by atoms with Crippen LogP contribution in [0.15, 0.2) is 30.3 Å². The lowest BCUT2D eigenvalue weighted by Gasteiger charge is -2.38. The highest BCUT2D eigenvalue weighted by molar-refractivity contribution is 5.46. The van der Waals surface area contributed by atoms with Crippen LogP contribution < -0.4 is 9.64 Å². The maximum atomic E-state index is 12.5. The SMILES string of the molecule is Cc1cc(N2CCN(CN3CCOCC3)CC2)nn1-c1cccc(OC(F)(F)F)c1. The van der Waals surface area contributed by atoms with Gasteiger partial charge in [0.2, 0.25) is 0 Å². The first kappa shape index (κ1) is 21.0. The number of anilines is 1. The largest absolute Gasteiger partial charge is 0.573 e. The van der Waals surface area contributed by atoms with E-state index in [1.807, 2.05) is 13.0 Å². The summed E-state index contributed by atoms with van der Waals surface area (Å²) < 4.78 is 48.6. The minimum absolute atomic E-state index is 0.256. The molecule has 2 aromatic rings. The first-order valence-electron chi connectivity index (χ1n) is 10.1. The van der Waals surface area contributed by atoms with Gasteiger partial charge in [-0.2, -0.15) is 5.10 Å². The predicted molar refractivity (Wildman–Crippen MR) is 106 cm³/mol. The number of nitrogens with zero attached hydrogens (tertiary/aromatic N) is 5. The van der Waals surface area contributed by atoms with E-state index in [0.29, 0.717) is 5.69 Å². The van der Waals surface area contributed by atoms with E-state index in [1.54, 1.807) is 10.7 Å². The summed E-state index contributed by atoms with van der Waals surface area (Å²) in [4.78, 5) is 7.06. The Hall–Kier alpha value is -2.30. The van der Waals surface area contributed by atoms with E-state index >= 15 is 0 Å². The van der Waals surface area contributed by atoms with E-state index in [9.17, 15) is 13.2 Å². The number of piperazine rings is 1. The Morgan fingerprint density at radius 3 is 2.40 bits per heavy atom. The zero-order valence-corrected chi connectivity index (χ0v) is 16.9. The van der Waals surface area contributed by atoms with Crippen molar-refractivity contribution in [3.8, 4) is 11.4 Å². The van der Waals surface area contributed by atoms with Crippen LogP contribution in [0.4, 0.5) is 19.0 Å². The monoisotopic (exact) mass is 425 g/mol. The van der Waals surface area contributed by atoms with Gasteiger partial charge in [0.25, 0.3) is 0 Å². The number of alkyl halides is 3. The fraction of sp³-hybridized carbons (Fsp3) is 0.550. The van der Waals surface area contributed by atoms with Gasteiger partial charge in [0.15, 0.2) is 5.82 Å². The molecule has 0 spiro atoms. The van der Waals surface area contributed by atoms with Crippen molar-refractivity contribution in [2.24, 2.45) is 0 Å². The van der Waals surface area contributed by atoms with Gasteiger partial charge >= 0.3 is 6.36 Å². The molecule has 2 aliphatic heterocycles. The molecule has 1 aromatic carbocycles. The molecule has 0 N–H and O–H groups in total. The molecule has 3 heterocycles. The molecular formula is C20H26F3N5O2. The zero-order valence-electron chi connectivity index (χ0n) is 16.9. The molecule has 0 radical (unpaired) electrons. The second-order valence-corrected chi connectivity index (χ2v) is 7.58. The summed E-state index contributed by atoms with van der Waals surface area (Å²) in [6, 6.07) is 7.84. The summed E-state index contributed by atoms with van der Waals surface area (Å²) >= 11 is 0. The Bertz CT molecular complexity index is 843. The molecule has 0 saturated carbocycles. The Kier molecular flexibility index (Phi) is 6.16. The number of aromatic nitrogens is 2. The quantitative estimate of drug-likeness (QED) is 0.734. The number of ether oxygens (including phenoxy) is 2. The van der Waals surface area contributed by atoms with Crippen molar-refractivity contribution in [3.63, 3.8) is 0 Å². The van der Waals surface area contributed by atoms with E-state index < -0.39 is 6.36 Å². The minimum atomic E-state index is -4.72. The van der Waals surface area contributed by atoms with Gasteiger partial charge in [-0.25, -0.2) is 4.68 Å². The van der Waals surface area contributed by atoms with E-state index in [0.717, 1.165) is 70.7 Å². The van der Waals surface area contributed by atoms with Crippen LogP contribution >= 0.6 is 0 Å². The average Bonchev–Trinajstić information content (AvgIpc) is 3.10. The van der Waals surface area contributed by atoms with E-state index in [2.05, 4.69) is 24.5 Å². The van der Waals surface area contributed by atoms with Crippen molar-refractivity contribution >= 4 is 5.82 Å². The highest BCUT2D eigenvalue weighted by Gasteiger charge is 2.31. The molecule has 0 atom stereocenters. The maximum Gasteiger partial charge on any atom is 0.573 e. The minimum Gasteiger partial charge on any atom is -0.406 e. The van der Waals surface area contributed by atoms with Crippen LogP contribution in [0.3, 0.4) is 0 Å². The third-order valence-electron chi connectivity index (χ3n) is 5.37. The Labute approximate surface area is 173 Å². The normalized spacial score (nSPS) is 19.3. The maximum absolute atomic E-state index is 12.5. The third kappa shape index (κ3) is 5.24. The van der Waals surface area contributed by atoms with Crippen LogP contribution in [0.25, 0.3) is 5.69 Å². The summed E-state index contributed by atoms with van der Waals surface area (Å²) in [5, 5.41) is 4.64. The van der Waals surface area contributed by atoms with Gasteiger partial charge in [-0.3, -0.25) is 9.80 Å². The van der Waals surface area contributed by atoms with Crippen molar-refractivity contribution < 1.29 is 22.6 Å². The second-order valence-electron chi connectivity index (χ2n) is 7.58. The van der Waals surface area contributed by atoms with Crippen LogP contribution in [-0.4, -0.2) is 85.1 Å². The van der Waals surface area contributed by atoms with Crippen LogP contribution in [-0.2, 0) is 4.74 Å². The molecule has 0 amide bonds. The fourth-order valence-corrected chi connectivity index (χ4v) is 3.83. The number of hydrogen-bond donors (Lipinski definition) is 0. The molecule has 2 fully saturated rings. The number of halogens is 3. The second kappa shape index (κ2) is 8.83. The Balaban J connectivity index is 1.39. The van der Waals surface area contributed by atoms with E-state index in [1.165, 1.54) is 18.2 Å². The van der Waals surface area contributed by atoms with Crippen molar-refractivity contribution in [2.45, 2.75) is 13.3 Å². The first-order valence-corrected chi connectivity index (χ1v) is 10.1. The number of aryl methyl sites for hydroxylation is 1. The van der Waals surface area contributed by atoms with Gasteiger partial charge in [-0.05, 0) is 19.1 Å². The lowest BCUT2D eigenvalue weighted by atomic mass is 10.3. The Morgan fingerprint density at radius 2 is 1.70 bits per heavy atom. The van der Waals surface area contributed by atoms with Gasteiger partial charge in [0, 0.05) is 57.1 Å². The van der Waals surface area contributed by atoms with E-state index in [-0.39, 0.29) is 5.75 Å². The molecular weight excluding hydrogens is 399 g/mol. The van der Waals surface area contributed by atoms with Crippen LogP contribution in [0.1, 0.15) is 5.69 Å². The smallest absolute Gasteiger partial charge is 0.406 e. The van der Waals surface area contributed by atoms with Gasteiger partial charge < -0.3 is 14.4 Å². The molecule has 2 saturated heterocycles. The molecule has 4 rings (SSSR count). The summed E-state index contributed by atoms with van der Waals surface area (Å²) in [6.07, 6.45) is -4.72. The van der Waals surface area contributed by atoms with Crippen molar-refractivity contribution in [1.29, 1.82) is 0 Å². The standard InChI is InChI=1S/C20H26F3N5O2/c1-16-13-19(24-28(16)17-3-2-4-18(14-17)30-20(21,22)23)27-7-5-25(6-8-27)15-26-9-11-29-12-10-26/h2-4,13-14H,5-12,15H2,1H3. The molecule has 164 valence electrons. The van der Waals surface area contributed by atoms with E-state index in [4.69, 9.17) is 4.74 Å². The fourth-order valence-electron chi connectivity index (χ4n) is 3.83. The topological polar surface area (TPSA) is 46.0 Å². The first-order chi connectivity index (χ1) is 14.4. The third-order valence-corrected chi connectivity index (χ3v) is 5.37. The van der Waals surface area contributed by atoms with Gasteiger partial charge in [-0.1, -0.05) is 6.07 Å². The molecule has 0 aliphatic carbocycles. The number of benzene rings is 1. The Morgan fingerprint density at radius 1 is 1.00 bits per heavy atom. The zero-order chi connectivity index (χ0) is 21.1. The molecule has 1 aromatic heterocycles. The van der Waals surface area contributed by atoms with Crippen LogP contribution in [0, 0.1) is 6.92 Å². The summed E-state index contributed by atoms with van der Waals surface area (Å²) in [5.74, 6) is 0.578. The summed E-state index contributed by atoms with van der Waals surface area (Å²) in [5.41, 5.74) is 1.39. The van der Waals surface area contributed by atoms with Gasteiger partial charge in [-0.15, -0.1) is 13.2 Å². The summed E-state index contributed by atoms with van der Waals surface area (Å²) in [6.45, 7) is 9.99. The van der Waals surface area contributed by atoms with Crippen molar-refractivity contribution in [1.82, 2.24) is 19.6 Å².